The summed E-state index contributed by atoms with van der Waals surface area (Å²) in [4.78, 5) is 11.7. The highest BCUT2D eigenvalue weighted by atomic mass is 32.2. The van der Waals surface area contributed by atoms with E-state index in [1.54, 1.807) is 44.3 Å². The van der Waals surface area contributed by atoms with Gasteiger partial charge in [-0.2, -0.15) is 4.40 Å². The normalized spacial score (nSPS) is 13.7. The van der Waals surface area contributed by atoms with Gasteiger partial charge >= 0.3 is 5.97 Å². The second-order valence-corrected chi connectivity index (χ2v) is 7.61. The van der Waals surface area contributed by atoms with Crippen LogP contribution in [0.25, 0.3) is 0 Å². The van der Waals surface area contributed by atoms with E-state index in [-0.39, 0.29) is 16.8 Å². The molecule has 110 valence electrons. The Hall–Kier alpha value is -1.49. The summed E-state index contributed by atoms with van der Waals surface area (Å²) in [6, 6.07) is 6.85. The summed E-state index contributed by atoms with van der Waals surface area (Å²) >= 11 is 0. The lowest BCUT2D eigenvalue weighted by atomic mass is 10.1. The second-order valence-electron chi connectivity index (χ2n) is 5.67. The van der Waals surface area contributed by atoms with Crippen molar-refractivity contribution in [1.29, 1.82) is 0 Å². The van der Waals surface area contributed by atoms with Crippen LogP contribution >= 0.6 is 0 Å². The number of rotatable bonds is 4. The van der Waals surface area contributed by atoms with Crippen LogP contribution in [0.1, 0.15) is 50.5 Å². The van der Waals surface area contributed by atoms with Crippen molar-refractivity contribution in [3.63, 3.8) is 0 Å². The van der Waals surface area contributed by atoms with Gasteiger partial charge in [0.1, 0.15) is 11.0 Å². The number of benzene rings is 1. The number of hydrogen-bond acceptors (Lipinski definition) is 3. The van der Waals surface area contributed by atoms with Gasteiger partial charge < -0.3 is 4.74 Å². The zero-order chi connectivity index (χ0) is 15.3. The number of esters is 1. The molecule has 0 N–H and O–H groups in total. The van der Waals surface area contributed by atoms with Crippen LogP contribution in [0.3, 0.4) is 0 Å². The summed E-state index contributed by atoms with van der Waals surface area (Å²) in [5.74, 6) is -0.346. The largest absolute Gasteiger partial charge is 0.459 e. The molecule has 0 aliphatic carbocycles. The zero-order valence-electron chi connectivity index (χ0n) is 12.5. The Labute approximate surface area is 122 Å². The Morgan fingerprint density at radius 2 is 1.80 bits per heavy atom. The first-order chi connectivity index (χ1) is 9.20. The van der Waals surface area contributed by atoms with Gasteiger partial charge in [0, 0.05) is 6.21 Å². The average molecular weight is 295 g/mol. The first-order valence-corrected chi connectivity index (χ1v) is 7.58. The number of carbonyl (C=O) groups is 1. The van der Waals surface area contributed by atoms with Gasteiger partial charge in [-0.25, -0.2) is 9.00 Å². The molecule has 1 atom stereocenters. The highest BCUT2D eigenvalue weighted by molar-refractivity contribution is 7.85. The fourth-order valence-corrected chi connectivity index (χ4v) is 1.79. The van der Waals surface area contributed by atoms with Gasteiger partial charge in [0.25, 0.3) is 0 Å². The van der Waals surface area contributed by atoms with Crippen LogP contribution in [0.2, 0.25) is 0 Å². The monoisotopic (exact) mass is 295 g/mol. The minimum absolute atomic E-state index is 0.141. The summed E-state index contributed by atoms with van der Waals surface area (Å²) in [5, 5.41) is 0. The predicted molar refractivity (Wildman–Crippen MR) is 82.5 cm³/mol. The third-order valence-corrected chi connectivity index (χ3v) is 3.66. The van der Waals surface area contributed by atoms with Gasteiger partial charge in [-0.05, 0) is 52.3 Å². The van der Waals surface area contributed by atoms with Gasteiger partial charge in [0.2, 0.25) is 0 Å². The molecule has 0 spiro atoms. The molecule has 0 fully saturated rings. The van der Waals surface area contributed by atoms with Crippen molar-refractivity contribution in [2.24, 2.45) is 4.40 Å². The van der Waals surface area contributed by atoms with Crippen LogP contribution in [-0.4, -0.2) is 27.2 Å². The fraction of sp³-hybridized carbons (Fsp3) is 0.467. The van der Waals surface area contributed by atoms with E-state index >= 15 is 0 Å². The molecule has 0 amide bonds. The first-order valence-electron chi connectivity index (χ1n) is 6.47. The lowest BCUT2D eigenvalue weighted by Gasteiger charge is -2.12. The molecule has 0 saturated carbocycles. The van der Waals surface area contributed by atoms with Crippen LogP contribution in [0.5, 0.6) is 0 Å². The van der Waals surface area contributed by atoms with Crippen LogP contribution in [0.4, 0.5) is 0 Å². The molecule has 20 heavy (non-hydrogen) atoms. The van der Waals surface area contributed by atoms with Gasteiger partial charge in [-0.3, -0.25) is 0 Å². The minimum Gasteiger partial charge on any atom is -0.459 e. The third kappa shape index (κ3) is 5.25. The Bertz CT molecular complexity index is 513. The Morgan fingerprint density at radius 3 is 2.25 bits per heavy atom. The molecular weight excluding hydrogens is 274 g/mol. The van der Waals surface area contributed by atoms with Gasteiger partial charge in [0.05, 0.1) is 16.4 Å². The van der Waals surface area contributed by atoms with E-state index in [9.17, 15) is 9.00 Å². The van der Waals surface area contributed by atoms with Crippen LogP contribution in [-0.2, 0) is 15.7 Å². The number of nitrogens with zero attached hydrogens (tertiary/aromatic N) is 1. The molecule has 0 aliphatic heterocycles. The molecular formula is C15H21NO3S. The summed E-state index contributed by atoms with van der Waals surface area (Å²) in [6.45, 7) is 9.21. The number of carbonyl (C=O) groups excluding carboxylic acids is 1. The van der Waals surface area contributed by atoms with E-state index in [2.05, 4.69) is 4.40 Å². The highest BCUT2D eigenvalue weighted by Gasteiger charge is 2.18. The molecule has 0 aromatic heterocycles. The molecule has 1 rings (SSSR count). The molecule has 4 nitrogen and oxygen atoms in total. The van der Waals surface area contributed by atoms with E-state index in [1.807, 2.05) is 20.8 Å². The molecule has 0 heterocycles. The van der Waals surface area contributed by atoms with Crippen molar-refractivity contribution < 1.29 is 13.7 Å². The molecule has 1 aromatic rings. The van der Waals surface area contributed by atoms with E-state index < -0.39 is 11.0 Å². The minimum atomic E-state index is -1.28. The quantitative estimate of drug-likeness (QED) is 0.633. The zero-order valence-corrected chi connectivity index (χ0v) is 13.4. The molecule has 0 bridgehead atoms. The third-order valence-electron chi connectivity index (χ3n) is 2.31. The standard InChI is InChI=1S/C15H21NO3S/c1-11(2)19-14(17)13-8-6-12(7-9-13)10-16-20(18)15(3,4)5/h6-11H,1-5H3/t20-/m1/s1. The number of ether oxygens (including phenoxy) is 1. The molecule has 0 aliphatic rings. The van der Waals surface area contributed by atoms with Crippen molar-refractivity contribution in [3.8, 4) is 0 Å². The maximum atomic E-state index is 11.8. The summed E-state index contributed by atoms with van der Waals surface area (Å²) < 4.78 is 20.5. The van der Waals surface area contributed by atoms with Gasteiger partial charge in [0.15, 0.2) is 0 Å². The van der Waals surface area contributed by atoms with Gasteiger partial charge in [-0.15, -0.1) is 0 Å². The Balaban J connectivity index is 2.75. The summed E-state index contributed by atoms with van der Waals surface area (Å²) in [6.07, 6.45) is 1.41. The van der Waals surface area contributed by atoms with Crippen molar-refractivity contribution in [3.05, 3.63) is 35.4 Å². The Kier molecular flexibility index (Phi) is 5.62. The molecule has 0 saturated heterocycles. The van der Waals surface area contributed by atoms with E-state index in [0.717, 1.165) is 5.56 Å². The topological polar surface area (TPSA) is 55.7 Å². The summed E-state index contributed by atoms with van der Waals surface area (Å²) in [5.41, 5.74) is 1.29. The number of hydrogen-bond donors (Lipinski definition) is 0. The smallest absolute Gasteiger partial charge is 0.338 e. The van der Waals surface area contributed by atoms with E-state index in [1.165, 1.54) is 0 Å². The van der Waals surface area contributed by atoms with Crippen molar-refractivity contribution in [2.75, 3.05) is 0 Å². The van der Waals surface area contributed by atoms with E-state index in [4.69, 9.17) is 4.74 Å². The molecule has 1 aromatic carbocycles. The summed E-state index contributed by atoms with van der Waals surface area (Å²) in [7, 11) is -1.28. The predicted octanol–water partition coefficient (Wildman–Crippen LogP) is 3.13. The van der Waals surface area contributed by atoms with Crippen LogP contribution in [0.15, 0.2) is 28.7 Å². The van der Waals surface area contributed by atoms with Crippen molar-refractivity contribution in [2.45, 2.75) is 45.5 Å². The van der Waals surface area contributed by atoms with Crippen LogP contribution < -0.4 is 0 Å². The Morgan fingerprint density at radius 1 is 1.25 bits per heavy atom. The lowest BCUT2D eigenvalue weighted by molar-refractivity contribution is 0.0378. The second kappa shape index (κ2) is 6.79. The molecule has 0 unspecified atom stereocenters. The maximum Gasteiger partial charge on any atom is 0.338 e. The SMILES string of the molecule is CC(C)OC(=O)c1ccc(C=N[S@](=O)C(C)(C)C)cc1. The first kappa shape index (κ1) is 16.6. The maximum absolute atomic E-state index is 11.8. The molecule has 5 heteroatoms. The lowest BCUT2D eigenvalue weighted by Crippen LogP contribution is -2.19. The van der Waals surface area contributed by atoms with Crippen LogP contribution in [0, 0.1) is 0 Å². The highest BCUT2D eigenvalue weighted by Crippen LogP contribution is 2.12. The average Bonchev–Trinajstić information content (AvgIpc) is 2.34. The molecule has 0 radical (unpaired) electrons. The van der Waals surface area contributed by atoms with E-state index in [0.29, 0.717) is 5.56 Å². The van der Waals surface area contributed by atoms with Crippen molar-refractivity contribution in [1.82, 2.24) is 0 Å². The van der Waals surface area contributed by atoms with Gasteiger partial charge in [-0.1, -0.05) is 12.1 Å². The van der Waals surface area contributed by atoms with Crippen molar-refractivity contribution >= 4 is 23.2 Å². The fourth-order valence-electron chi connectivity index (χ4n) is 1.25.